The monoisotopic (exact) mass is 249 g/mol. The topological polar surface area (TPSA) is 12.0 Å². The molecule has 1 unspecified atom stereocenters. The Balaban J connectivity index is 2.08. The number of aryl methyl sites for hydroxylation is 1. The maximum absolute atomic E-state index is 3.73. The lowest BCUT2D eigenvalue weighted by Gasteiger charge is -2.38. The summed E-state index contributed by atoms with van der Waals surface area (Å²) in [5.41, 5.74) is 6.69. The van der Waals surface area contributed by atoms with E-state index >= 15 is 0 Å². The van der Waals surface area contributed by atoms with Gasteiger partial charge in [0, 0.05) is 18.1 Å². The summed E-state index contributed by atoms with van der Waals surface area (Å²) < 4.78 is 1.89. The zero-order valence-electron chi connectivity index (χ0n) is 12.2. The van der Waals surface area contributed by atoms with E-state index in [2.05, 4.69) is 57.9 Å². The molecule has 0 bridgehead atoms. The molecule has 100 valence electrons. The number of hydrogen-bond acceptors (Lipinski definition) is 1. The summed E-state index contributed by atoms with van der Waals surface area (Å²) in [6.07, 6.45) is 2.49. The van der Waals surface area contributed by atoms with Gasteiger partial charge in [0.05, 0.1) is 41.3 Å². The van der Waals surface area contributed by atoms with Gasteiger partial charge in [0.25, 0.3) is 0 Å². The molecule has 0 saturated carbocycles. The van der Waals surface area contributed by atoms with Gasteiger partial charge in [0.2, 0.25) is 0 Å². The molecule has 0 aliphatic carbocycles. The normalized spacial score (nSPS) is 23.8. The molecular formula is C15H27N3+2. The fraction of sp³-hybridized carbons (Fsp3) is 0.600. The predicted molar refractivity (Wildman–Crippen MR) is 78.3 cm³/mol. The van der Waals surface area contributed by atoms with E-state index in [4.69, 9.17) is 0 Å². The number of benzene rings is 1. The van der Waals surface area contributed by atoms with E-state index in [9.17, 15) is 0 Å². The van der Waals surface area contributed by atoms with Crippen molar-refractivity contribution in [2.75, 3.05) is 47.8 Å². The van der Waals surface area contributed by atoms with E-state index in [1.807, 2.05) is 0 Å². The minimum atomic E-state index is 0.885. The van der Waals surface area contributed by atoms with Crippen molar-refractivity contribution in [2.45, 2.75) is 12.8 Å². The molecule has 0 amide bonds. The molecule has 1 aromatic carbocycles. The molecule has 3 nitrogen and oxygen atoms in total. The largest absolute Gasteiger partial charge is 0.330 e. The van der Waals surface area contributed by atoms with Crippen LogP contribution in [0, 0.1) is 0 Å². The van der Waals surface area contributed by atoms with Crippen LogP contribution in [0.4, 0.5) is 5.69 Å². The lowest BCUT2D eigenvalue weighted by Crippen LogP contribution is -2.60. The number of hydrogen-bond donors (Lipinski definition) is 1. The second kappa shape index (κ2) is 5.00. The Labute approximate surface area is 111 Å². The molecule has 1 aliphatic rings. The third-order valence-electron chi connectivity index (χ3n) is 3.82. The summed E-state index contributed by atoms with van der Waals surface area (Å²) in [5, 5.41) is 0. The number of para-hydroxylation sites is 1. The fourth-order valence-electron chi connectivity index (χ4n) is 2.71. The van der Waals surface area contributed by atoms with Gasteiger partial charge in [-0.3, -0.25) is 0 Å². The van der Waals surface area contributed by atoms with Crippen LogP contribution in [0.3, 0.4) is 0 Å². The summed E-state index contributed by atoms with van der Waals surface area (Å²) >= 11 is 0. The van der Waals surface area contributed by atoms with Crippen molar-refractivity contribution in [3.63, 3.8) is 0 Å². The molecule has 1 aromatic rings. The van der Waals surface area contributed by atoms with E-state index in [1.54, 1.807) is 0 Å². The number of likely N-dealkylation sites (N-methyl/N-ethyl adjacent to an activating group) is 1. The molecule has 1 N–H and O–H groups in total. The average molecular weight is 249 g/mol. The fourth-order valence-corrected chi connectivity index (χ4v) is 2.71. The standard InChI is InChI=1S/C15H27N3/c1-17(2,3)13-11-16-18(4)12-7-9-14-8-5-6-10-15(14)18/h5-6,8,10,16H,7,9,11-13H2,1-4H3/q+2. The van der Waals surface area contributed by atoms with Gasteiger partial charge in [-0.1, -0.05) is 18.2 Å². The molecular weight excluding hydrogens is 222 g/mol. The van der Waals surface area contributed by atoms with Gasteiger partial charge >= 0.3 is 0 Å². The second-order valence-corrected chi connectivity index (χ2v) is 6.57. The number of nitrogens with zero attached hydrogens (tertiary/aromatic N) is 2. The molecule has 18 heavy (non-hydrogen) atoms. The lowest BCUT2D eigenvalue weighted by atomic mass is 10.0. The molecule has 0 fully saturated rings. The number of fused-ring (bicyclic) bond motifs is 1. The summed E-state index contributed by atoms with van der Waals surface area (Å²) in [4.78, 5) is 0. The second-order valence-electron chi connectivity index (χ2n) is 6.57. The van der Waals surface area contributed by atoms with E-state index in [1.165, 1.54) is 30.6 Å². The van der Waals surface area contributed by atoms with Crippen molar-refractivity contribution >= 4 is 5.69 Å². The maximum atomic E-state index is 3.73. The van der Waals surface area contributed by atoms with Crippen LogP contribution in [-0.2, 0) is 6.42 Å². The Morgan fingerprint density at radius 3 is 2.67 bits per heavy atom. The van der Waals surface area contributed by atoms with Crippen LogP contribution in [0.5, 0.6) is 0 Å². The van der Waals surface area contributed by atoms with Gasteiger partial charge < -0.3 is 4.48 Å². The number of nitrogens with one attached hydrogen (secondary N) is 1. The van der Waals surface area contributed by atoms with Crippen molar-refractivity contribution < 1.29 is 4.48 Å². The van der Waals surface area contributed by atoms with Gasteiger partial charge in [0.1, 0.15) is 6.54 Å². The predicted octanol–water partition coefficient (Wildman–Crippen LogP) is 1.78. The van der Waals surface area contributed by atoms with Gasteiger partial charge in [-0.15, -0.1) is 0 Å². The molecule has 3 heteroatoms. The molecule has 0 aromatic heterocycles. The average Bonchev–Trinajstić information content (AvgIpc) is 2.28. The molecule has 0 saturated heterocycles. The highest BCUT2D eigenvalue weighted by atomic mass is 15.7. The minimum Gasteiger partial charge on any atom is -0.330 e. The maximum Gasteiger partial charge on any atom is 0.155 e. The SMILES string of the molecule is C[N+](C)(C)CCN[N+]1(C)CCCc2ccccc21. The van der Waals surface area contributed by atoms with Crippen LogP contribution in [0.2, 0.25) is 0 Å². The Hall–Kier alpha value is -0.900. The molecule has 1 heterocycles. The molecule has 2 rings (SSSR count). The summed E-state index contributed by atoms with van der Waals surface area (Å²) in [6, 6.07) is 8.85. The van der Waals surface area contributed by atoms with Crippen molar-refractivity contribution in [3.05, 3.63) is 29.8 Å². The van der Waals surface area contributed by atoms with Crippen molar-refractivity contribution in [2.24, 2.45) is 0 Å². The number of quaternary nitrogens is 2. The zero-order valence-corrected chi connectivity index (χ0v) is 12.2. The highest BCUT2D eigenvalue weighted by Crippen LogP contribution is 2.29. The first kappa shape index (κ1) is 13.5. The van der Waals surface area contributed by atoms with E-state index in [0.29, 0.717) is 0 Å². The van der Waals surface area contributed by atoms with E-state index in [-0.39, 0.29) is 0 Å². The van der Waals surface area contributed by atoms with Crippen LogP contribution in [-0.4, -0.2) is 52.3 Å². The number of rotatable bonds is 4. The summed E-state index contributed by atoms with van der Waals surface area (Å²) in [7, 11) is 9.02. The van der Waals surface area contributed by atoms with Crippen LogP contribution >= 0.6 is 0 Å². The smallest absolute Gasteiger partial charge is 0.155 e. The summed E-state index contributed by atoms with van der Waals surface area (Å²) in [5.74, 6) is 0. The van der Waals surface area contributed by atoms with Crippen molar-refractivity contribution in [1.29, 1.82) is 0 Å². The first-order valence-corrected chi connectivity index (χ1v) is 6.90. The first-order chi connectivity index (χ1) is 8.41. The minimum absolute atomic E-state index is 0.885. The highest BCUT2D eigenvalue weighted by Gasteiger charge is 2.31. The first-order valence-electron chi connectivity index (χ1n) is 6.90. The highest BCUT2D eigenvalue weighted by molar-refractivity contribution is 5.51. The third kappa shape index (κ3) is 3.10. The Kier molecular flexibility index (Phi) is 3.76. The summed E-state index contributed by atoms with van der Waals surface area (Å²) in [6.45, 7) is 3.39. The molecule has 0 radical (unpaired) electrons. The van der Waals surface area contributed by atoms with Crippen LogP contribution < -0.4 is 10.0 Å². The Morgan fingerprint density at radius 1 is 1.22 bits per heavy atom. The van der Waals surface area contributed by atoms with Crippen molar-refractivity contribution in [1.82, 2.24) is 10.0 Å². The van der Waals surface area contributed by atoms with Crippen LogP contribution in [0.15, 0.2) is 24.3 Å². The van der Waals surface area contributed by atoms with Gasteiger partial charge in [-0.25, -0.2) is 4.59 Å². The van der Waals surface area contributed by atoms with Crippen molar-refractivity contribution in [3.8, 4) is 0 Å². The quantitative estimate of drug-likeness (QED) is 0.802. The van der Waals surface area contributed by atoms with E-state index < -0.39 is 0 Å². The Morgan fingerprint density at radius 2 is 1.94 bits per heavy atom. The third-order valence-corrected chi connectivity index (χ3v) is 3.82. The molecule has 0 spiro atoms. The van der Waals surface area contributed by atoms with Crippen LogP contribution in [0.25, 0.3) is 0 Å². The van der Waals surface area contributed by atoms with Crippen LogP contribution in [0.1, 0.15) is 12.0 Å². The van der Waals surface area contributed by atoms with Gasteiger partial charge in [-0.2, -0.15) is 5.43 Å². The van der Waals surface area contributed by atoms with Gasteiger partial charge in [0.15, 0.2) is 5.69 Å². The van der Waals surface area contributed by atoms with Gasteiger partial charge in [-0.05, 0) is 6.42 Å². The lowest BCUT2D eigenvalue weighted by molar-refractivity contribution is -0.869. The molecule has 1 atom stereocenters. The molecule has 1 aliphatic heterocycles. The Bertz CT molecular complexity index is 408. The van der Waals surface area contributed by atoms with E-state index in [0.717, 1.165) is 22.2 Å². The zero-order chi connectivity index (χ0) is 13.2.